The van der Waals surface area contributed by atoms with Crippen molar-refractivity contribution in [1.82, 2.24) is 9.37 Å². The third-order valence-corrected chi connectivity index (χ3v) is 9.70. The maximum absolute atomic E-state index is 15.2. The number of hydrogen-bond acceptors (Lipinski definition) is 7. The van der Waals surface area contributed by atoms with Crippen molar-refractivity contribution in [1.29, 1.82) is 0 Å². The molecule has 1 unspecified atom stereocenters. The zero-order valence-electron chi connectivity index (χ0n) is 21.4. The maximum atomic E-state index is 15.2. The van der Waals surface area contributed by atoms with Crippen molar-refractivity contribution in [3.8, 4) is 0 Å². The topological polar surface area (TPSA) is 101 Å². The molecule has 224 valence electrons. The van der Waals surface area contributed by atoms with E-state index in [2.05, 4.69) is 4.84 Å². The maximum Gasteiger partial charge on any atom is 0.493 e. The lowest BCUT2D eigenvalue weighted by Crippen LogP contribution is -2.42. The highest BCUT2D eigenvalue weighted by Crippen LogP contribution is 2.43. The molecule has 0 bridgehead atoms. The number of amides is 1. The number of piperidine rings is 1. The first-order chi connectivity index (χ1) is 19.0. The van der Waals surface area contributed by atoms with Gasteiger partial charge < -0.3 is 4.84 Å². The molecule has 0 radical (unpaired) electrons. The van der Waals surface area contributed by atoms with Crippen LogP contribution < -0.4 is 0 Å². The van der Waals surface area contributed by atoms with Crippen molar-refractivity contribution in [2.24, 2.45) is 0 Å². The molecule has 4 rings (SSSR count). The molecule has 8 nitrogen and oxygen atoms in total. The molecule has 0 spiro atoms. The van der Waals surface area contributed by atoms with Gasteiger partial charge in [-0.3, -0.25) is 13.9 Å². The first-order valence-electron chi connectivity index (χ1n) is 12.3. The van der Waals surface area contributed by atoms with Crippen molar-refractivity contribution >= 4 is 55.9 Å². The average molecular weight is 660 g/mol. The number of sulfonamides is 1. The largest absolute Gasteiger partial charge is 0.493 e. The standard InChI is InChI=1S/C25H24Cl2F4N2O6S2/c1-41(37,38)33(39-24(35)25(29,30)31)23(34)21-12-20(14-2-3-14)15(8-22(21)28)13-32-6-4-18(5-7-32)40(36)19-10-16(26)9-17(27)11-19/h8-12,14,18H,2-7,13H2,1H3. The lowest BCUT2D eigenvalue weighted by Gasteiger charge is -2.32. The number of likely N-dealkylation sites (tertiary alicyclic amines) is 1. The first-order valence-corrected chi connectivity index (χ1v) is 16.1. The lowest BCUT2D eigenvalue weighted by atomic mass is 9.98. The number of hydrogen-bond donors (Lipinski definition) is 0. The molecular weight excluding hydrogens is 635 g/mol. The number of alkyl halides is 3. The summed E-state index contributed by atoms with van der Waals surface area (Å²) >= 11 is 12.1. The highest BCUT2D eigenvalue weighted by Gasteiger charge is 2.45. The molecule has 1 aliphatic carbocycles. The summed E-state index contributed by atoms with van der Waals surface area (Å²) in [5, 5.41) is 0.614. The molecule has 41 heavy (non-hydrogen) atoms. The molecule has 0 N–H and O–H groups in total. The second-order valence-corrected chi connectivity index (χ2v) is 14.3. The molecule has 1 heterocycles. The van der Waals surface area contributed by atoms with Crippen LogP contribution in [0.15, 0.2) is 35.2 Å². The fraction of sp³-hybridized carbons (Fsp3) is 0.440. The normalized spacial score (nSPS) is 17.7. The Morgan fingerprint density at radius 1 is 1.05 bits per heavy atom. The molecule has 1 amide bonds. The summed E-state index contributed by atoms with van der Waals surface area (Å²) in [7, 11) is -6.19. The van der Waals surface area contributed by atoms with E-state index in [-0.39, 0.29) is 17.7 Å². The summed E-state index contributed by atoms with van der Waals surface area (Å²) in [5.41, 5.74) is 0.232. The third-order valence-electron chi connectivity index (χ3n) is 6.64. The van der Waals surface area contributed by atoms with Crippen LogP contribution in [0.5, 0.6) is 0 Å². The minimum Gasteiger partial charge on any atom is -0.314 e. The fourth-order valence-corrected chi connectivity index (χ4v) is 7.32. The van der Waals surface area contributed by atoms with Gasteiger partial charge in [-0.2, -0.15) is 13.2 Å². The quantitative estimate of drug-likeness (QED) is 0.298. The summed E-state index contributed by atoms with van der Waals surface area (Å²) in [4.78, 5) is 30.4. The Bertz CT molecular complexity index is 1470. The SMILES string of the molecule is CS(=O)(=O)N(OC(=O)C(F)(F)F)C(=O)c1cc(C2CC2)c(CN2CCC(S(=O)c3cc(Cl)cc(Cl)c3)CC2)cc1F. The van der Waals surface area contributed by atoms with Crippen LogP contribution in [0.2, 0.25) is 10.0 Å². The second-order valence-electron chi connectivity index (χ2n) is 9.85. The van der Waals surface area contributed by atoms with Gasteiger partial charge in [-0.15, -0.1) is 0 Å². The summed E-state index contributed by atoms with van der Waals surface area (Å²) in [5.74, 6) is -5.95. The summed E-state index contributed by atoms with van der Waals surface area (Å²) in [6.45, 7) is 1.34. The Morgan fingerprint density at radius 2 is 1.63 bits per heavy atom. The van der Waals surface area contributed by atoms with Crippen molar-refractivity contribution in [2.75, 3.05) is 19.3 Å². The van der Waals surface area contributed by atoms with E-state index in [0.29, 0.717) is 71.1 Å². The molecule has 2 aliphatic rings. The van der Waals surface area contributed by atoms with E-state index >= 15 is 4.39 Å². The van der Waals surface area contributed by atoms with Gasteiger partial charge in [-0.05, 0) is 86.1 Å². The van der Waals surface area contributed by atoms with E-state index in [4.69, 9.17) is 23.2 Å². The van der Waals surface area contributed by atoms with Gasteiger partial charge >= 0.3 is 18.1 Å². The first kappa shape index (κ1) is 31.7. The van der Waals surface area contributed by atoms with Crippen LogP contribution in [0.3, 0.4) is 0 Å². The number of nitrogens with zero attached hydrogens (tertiary/aromatic N) is 2. The molecular formula is C25H24Cl2F4N2O6S2. The summed E-state index contributed by atoms with van der Waals surface area (Å²) in [6.07, 6.45) is -2.67. The van der Waals surface area contributed by atoms with Crippen molar-refractivity contribution < 1.29 is 44.6 Å². The van der Waals surface area contributed by atoms with Gasteiger partial charge in [0.1, 0.15) is 5.82 Å². The monoisotopic (exact) mass is 658 g/mol. The van der Waals surface area contributed by atoms with Gasteiger partial charge in [0.05, 0.1) is 22.6 Å². The number of halogens is 6. The van der Waals surface area contributed by atoms with Crippen LogP contribution in [0.1, 0.15) is 53.1 Å². The van der Waals surface area contributed by atoms with E-state index in [0.717, 1.165) is 12.1 Å². The van der Waals surface area contributed by atoms with Gasteiger partial charge in [-0.25, -0.2) is 17.6 Å². The van der Waals surface area contributed by atoms with Crippen LogP contribution in [0, 0.1) is 5.82 Å². The molecule has 2 fully saturated rings. The number of hydroxylamine groups is 1. The van der Waals surface area contributed by atoms with Gasteiger partial charge in [0.25, 0.3) is 10.0 Å². The van der Waals surface area contributed by atoms with E-state index in [1.54, 1.807) is 18.2 Å². The van der Waals surface area contributed by atoms with Crippen molar-refractivity contribution in [3.05, 3.63) is 62.9 Å². The van der Waals surface area contributed by atoms with Crippen LogP contribution in [0.4, 0.5) is 17.6 Å². The Labute approximate surface area is 246 Å². The van der Waals surface area contributed by atoms with Gasteiger partial charge in [0.2, 0.25) is 0 Å². The number of carbonyl (C=O) groups excluding carboxylic acids is 2. The Kier molecular flexibility index (Phi) is 9.39. The molecule has 1 atom stereocenters. The van der Waals surface area contributed by atoms with Crippen LogP contribution in [-0.4, -0.2) is 64.6 Å². The predicted octanol–water partition coefficient (Wildman–Crippen LogP) is 5.20. The number of carbonyl (C=O) groups is 2. The molecule has 1 saturated heterocycles. The van der Waals surface area contributed by atoms with E-state index < -0.39 is 54.7 Å². The highest BCUT2D eigenvalue weighted by atomic mass is 35.5. The number of rotatable bonds is 7. The Hall–Kier alpha value is -2.26. The minimum atomic E-state index is -5.59. The molecule has 2 aromatic carbocycles. The van der Waals surface area contributed by atoms with E-state index in [9.17, 15) is 35.4 Å². The summed E-state index contributed by atoms with van der Waals surface area (Å²) in [6, 6.07) is 6.92. The zero-order chi connectivity index (χ0) is 30.3. The molecule has 0 aromatic heterocycles. The molecule has 1 saturated carbocycles. The summed E-state index contributed by atoms with van der Waals surface area (Å²) < 4.78 is 89.4. The average Bonchev–Trinajstić information content (AvgIpc) is 3.70. The van der Waals surface area contributed by atoms with Gasteiger partial charge in [0.15, 0.2) is 0 Å². The molecule has 16 heteroatoms. The Morgan fingerprint density at radius 3 is 2.15 bits per heavy atom. The van der Waals surface area contributed by atoms with Crippen molar-refractivity contribution in [3.63, 3.8) is 0 Å². The van der Waals surface area contributed by atoms with Gasteiger partial charge in [0, 0.05) is 26.7 Å². The highest BCUT2D eigenvalue weighted by molar-refractivity contribution is 7.88. The van der Waals surface area contributed by atoms with Crippen LogP contribution in [-0.2, 0) is 37.0 Å². The third kappa shape index (κ3) is 7.78. The van der Waals surface area contributed by atoms with Gasteiger partial charge in [-0.1, -0.05) is 27.7 Å². The smallest absolute Gasteiger partial charge is 0.314 e. The second kappa shape index (κ2) is 12.2. The fourth-order valence-electron chi connectivity index (χ4n) is 4.55. The zero-order valence-corrected chi connectivity index (χ0v) is 24.6. The molecule has 1 aliphatic heterocycles. The predicted molar refractivity (Wildman–Crippen MR) is 143 cm³/mol. The molecule has 2 aromatic rings. The van der Waals surface area contributed by atoms with Crippen molar-refractivity contribution in [2.45, 2.75) is 54.5 Å². The van der Waals surface area contributed by atoms with Crippen LogP contribution >= 0.6 is 23.2 Å². The minimum absolute atomic E-state index is 0.0563. The van der Waals surface area contributed by atoms with E-state index in [1.165, 1.54) is 0 Å². The van der Waals surface area contributed by atoms with Crippen LogP contribution in [0.25, 0.3) is 0 Å². The lowest BCUT2D eigenvalue weighted by molar-refractivity contribution is -0.216. The van der Waals surface area contributed by atoms with E-state index in [1.807, 2.05) is 4.90 Å². The number of benzene rings is 2. The Balaban J connectivity index is 1.51.